The van der Waals surface area contributed by atoms with E-state index in [1.807, 2.05) is 0 Å². The van der Waals surface area contributed by atoms with Gasteiger partial charge in [0.25, 0.3) is 0 Å². The van der Waals surface area contributed by atoms with E-state index in [2.05, 4.69) is 31.2 Å². The molecule has 2 heteroatoms. The van der Waals surface area contributed by atoms with Crippen LogP contribution in [0.15, 0.2) is 24.3 Å². The second-order valence-electron chi connectivity index (χ2n) is 6.77. The minimum absolute atomic E-state index is 0.224. The Hall–Kier alpha value is -1.05. The topological polar surface area (TPSA) is 40.1 Å². The van der Waals surface area contributed by atoms with E-state index in [0.717, 1.165) is 19.3 Å². The first-order valence-electron chi connectivity index (χ1n) is 10.3. The number of carbonyl (C=O) groups excluding carboxylic acids is 1. The van der Waals surface area contributed by atoms with Crippen LogP contribution in [0.3, 0.4) is 0 Å². The first kappa shape index (κ1) is 22.9. The van der Waals surface area contributed by atoms with Crippen LogP contribution >= 0.6 is 0 Å². The molecule has 0 fully saturated rings. The number of aliphatic carboxylic acids is 1. The molecule has 0 N–H and O–H groups in total. The van der Waals surface area contributed by atoms with Gasteiger partial charge in [-0.15, -0.1) is 0 Å². The Balaban J connectivity index is 3.14. The van der Waals surface area contributed by atoms with Gasteiger partial charge in [-0.05, 0) is 44.9 Å². The van der Waals surface area contributed by atoms with Gasteiger partial charge in [-0.25, -0.2) is 0 Å². The zero-order valence-corrected chi connectivity index (χ0v) is 15.9. The summed E-state index contributed by atoms with van der Waals surface area (Å²) in [4.78, 5) is 10.3. The molecule has 0 saturated heterocycles. The van der Waals surface area contributed by atoms with Crippen molar-refractivity contribution in [2.75, 3.05) is 0 Å². The fourth-order valence-electron chi connectivity index (χ4n) is 2.79. The van der Waals surface area contributed by atoms with Crippen LogP contribution in [0.5, 0.6) is 0 Å². The number of carbonyl (C=O) groups is 1. The first-order valence-corrected chi connectivity index (χ1v) is 10.3. The highest BCUT2D eigenvalue weighted by atomic mass is 16.4. The van der Waals surface area contributed by atoms with Crippen LogP contribution in [0, 0.1) is 0 Å². The molecule has 2 nitrogen and oxygen atoms in total. The third-order valence-electron chi connectivity index (χ3n) is 4.33. The van der Waals surface area contributed by atoms with Crippen molar-refractivity contribution in [1.82, 2.24) is 0 Å². The number of carboxylic acid groups (broad SMARTS) is 1. The van der Waals surface area contributed by atoms with E-state index in [-0.39, 0.29) is 6.42 Å². The summed E-state index contributed by atoms with van der Waals surface area (Å²) in [5.74, 6) is -0.910. The number of allylic oxidation sites excluding steroid dienone is 4. The van der Waals surface area contributed by atoms with Crippen LogP contribution in [0.1, 0.15) is 110 Å². The molecule has 0 atom stereocenters. The summed E-state index contributed by atoms with van der Waals surface area (Å²) in [6.45, 7) is 2.25. The first-order chi connectivity index (χ1) is 11.8. The third kappa shape index (κ3) is 20.9. The summed E-state index contributed by atoms with van der Waals surface area (Å²) in [7, 11) is 0. The van der Waals surface area contributed by atoms with Crippen LogP contribution in [0.4, 0.5) is 0 Å². The smallest absolute Gasteiger partial charge is 0.0414 e. The minimum Gasteiger partial charge on any atom is -0.550 e. The largest absolute Gasteiger partial charge is 0.550 e. The highest BCUT2D eigenvalue weighted by Crippen LogP contribution is 2.11. The zero-order chi connectivity index (χ0) is 17.7. The van der Waals surface area contributed by atoms with Crippen LogP contribution in [-0.4, -0.2) is 5.97 Å². The predicted octanol–water partition coefficient (Wildman–Crippen LogP) is 6.11. The van der Waals surface area contributed by atoms with Crippen molar-refractivity contribution < 1.29 is 9.90 Å². The molecule has 0 aliphatic rings. The molecular formula is C22H39O2-. The van der Waals surface area contributed by atoms with Crippen molar-refractivity contribution in [1.29, 1.82) is 0 Å². The molecule has 0 aliphatic carbocycles. The third-order valence-corrected chi connectivity index (χ3v) is 4.33. The molecule has 24 heavy (non-hydrogen) atoms. The fourth-order valence-corrected chi connectivity index (χ4v) is 2.79. The van der Waals surface area contributed by atoms with E-state index in [1.165, 1.54) is 77.0 Å². The second-order valence-corrected chi connectivity index (χ2v) is 6.77. The molecule has 0 aromatic heterocycles. The highest BCUT2D eigenvalue weighted by Gasteiger charge is 1.93. The Kier molecular flexibility index (Phi) is 19.1. The normalized spacial score (nSPS) is 11.7. The molecule has 0 spiro atoms. The van der Waals surface area contributed by atoms with E-state index in [9.17, 15) is 9.90 Å². The molecule has 0 bridgehead atoms. The van der Waals surface area contributed by atoms with Crippen molar-refractivity contribution in [2.24, 2.45) is 0 Å². The van der Waals surface area contributed by atoms with Gasteiger partial charge in [0.05, 0.1) is 0 Å². The van der Waals surface area contributed by atoms with Gasteiger partial charge >= 0.3 is 0 Å². The number of carboxylic acids is 1. The Bertz CT molecular complexity index is 318. The zero-order valence-electron chi connectivity index (χ0n) is 15.9. The maximum absolute atomic E-state index is 10.3. The van der Waals surface area contributed by atoms with Crippen LogP contribution < -0.4 is 5.11 Å². The number of unbranched alkanes of at least 4 members (excludes halogenated alkanes) is 12. The van der Waals surface area contributed by atoms with Gasteiger partial charge in [-0.1, -0.05) is 89.0 Å². The predicted molar refractivity (Wildman–Crippen MR) is 103 cm³/mol. The molecule has 0 heterocycles. The summed E-state index contributed by atoms with van der Waals surface area (Å²) < 4.78 is 0. The van der Waals surface area contributed by atoms with Crippen molar-refractivity contribution in [3.05, 3.63) is 24.3 Å². The van der Waals surface area contributed by atoms with E-state index in [1.54, 1.807) is 0 Å². The standard InChI is InChI=1S/C22H40O2/c1-2-3-4-5-6-7-8-9-10-11-12-13-14-15-16-17-18-19-20-21-22(23)24/h6-7,9-10H,2-5,8,11-21H2,1H3,(H,23,24)/p-1/b7-6-,10-9-. The summed E-state index contributed by atoms with van der Waals surface area (Å²) in [6, 6.07) is 0. The Morgan fingerprint density at radius 2 is 1.12 bits per heavy atom. The number of hydrogen-bond donors (Lipinski definition) is 0. The lowest BCUT2D eigenvalue weighted by Gasteiger charge is -2.03. The lowest BCUT2D eigenvalue weighted by atomic mass is 10.1. The highest BCUT2D eigenvalue weighted by molar-refractivity contribution is 5.63. The Morgan fingerprint density at radius 3 is 1.62 bits per heavy atom. The lowest BCUT2D eigenvalue weighted by molar-refractivity contribution is -0.305. The summed E-state index contributed by atoms with van der Waals surface area (Å²) >= 11 is 0. The van der Waals surface area contributed by atoms with Gasteiger partial charge in [-0.3, -0.25) is 0 Å². The number of hydrogen-bond acceptors (Lipinski definition) is 2. The molecule has 0 unspecified atom stereocenters. The van der Waals surface area contributed by atoms with Gasteiger partial charge in [0.15, 0.2) is 0 Å². The maximum Gasteiger partial charge on any atom is 0.0414 e. The monoisotopic (exact) mass is 335 g/mol. The summed E-state index contributed by atoms with van der Waals surface area (Å²) in [6.07, 6.45) is 27.8. The van der Waals surface area contributed by atoms with E-state index >= 15 is 0 Å². The SMILES string of the molecule is CCCCC/C=C\C/C=C\CCCCCCCCCCCC(=O)[O-]. The van der Waals surface area contributed by atoms with Gasteiger partial charge in [0.1, 0.15) is 0 Å². The molecule has 0 amide bonds. The second kappa shape index (κ2) is 20.0. The molecule has 0 aliphatic heterocycles. The fraction of sp³-hybridized carbons (Fsp3) is 0.773. The quantitative estimate of drug-likeness (QED) is 0.224. The van der Waals surface area contributed by atoms with Crippen molar-refractivity contribution in [3.63, 3.8) is 0 Å². The van der Waals surface area contributed by atoms with Crippen LogP contribution in [0.25, 0.3) is 0 Å². The molecule has 0 radical (unpaired) electrons. The van der Waals surface area contributed by atoms with Crippen molar-refractivity contribution >= 4 is 5.97 Å². The van der Waals surface area contributed by atoms with Gasteiger partial charge in [0, 0.05) is 5.97 Å². The van der Waals surface area contributed by atoms with E-state index in [0.29, 0.717) is 0 Å². The van der Waals surface area contributed by atoms with E-state index in [4.69, 9.17) is 0 Å². The minimum atomic E-state index is -0.910. The van der Waals surface area contributed by atoms with Crippen molar-refractivity contribution in [2.45, 2.75) is 110 Å². The van der Waals surface area contributed by atoms with Crippen LogP contribution in [-0.2, 0) is 4.79 Å². The molecule has 140 valence electrons. The molecule has 0 rings (SSSR count). The molecule has 0 saturated carbocycles. The van der Waals surface area contributed by atoms with Crippen LogP contribution in [0.2, 0.25) is 0 Å². The van der Waals surface area contributed by atoms with Gasteiger partial charge in [-0.2, -0.15) is 0 Å². The Labute approximate surface area is 150 Å². The molecule has 0 aromatic carbocycles. The van der Waals surface area contributed by atoms with Gasteiger partial charge in [0.2, 0.25) is 0 Å². The molecule has 0 aromatic rings. The maximum atomic E-state index is 10.3. The average Bonchev–Trinajstić information content (AvgIpc) is 2.56. The van der Waals surface area contributed by atoms with Crippen molar-refractivity contribution in [3.8, 4) is 0 Å². The van der Waals surface area contributed by atoms with E-state index < -0.39 is 5.97 Å². The van der Waals surface area contributed by atoms with Gasteiger partial charge < -0.3 is 9.90 Å². The lowest BCUT2D eigenvalue weighted by Crippen LogP contribution is -2.21. The molecular weight excluding hydrogens is 296 g/mol. The Morgan fingerprint density at radius 1 is 0.667 bits per heavy atom. The summed E-state index contributed by atoms with van der Waals surface area (Å²) in [5, 5.41) is 10.3. The summed E-state index contributed by atoms with van der Waals surface area (Å²) in [5.41, 5.74) is 0. The average molecular weight is 336 g/mol. The number of rotatable bonds is 18.